The van der Waals surface area contributed by atoms with E-state index in [1.807, 2.05) is 45.9 Å². The Labute approximate surface area is 146 Å². The number of nitrogens with one attached hydrogen (secondary N) is 1. The Balaban J connectivity index is 2.10. The highest BCUT2D eigenvalue weighted by Gasteiger charge is 2.16. The molecule has 0 aliphatic rings. The number of aromatic nitrogens is 2. The number of benzene rings is 1. The second-order valence-corrected chi connectivity index (χ2v) is 6.60. The highest BCUT2D eigenvalue weighted by atomic mass is 16.5. The molecule has 1 aromatic heterocycles. The van der Waals surface area contributed by atoms with Crippen LogP contribution in [-0.4, -0.2) is 32.6 Å². The number of hydrogen-bond donors (Lipinski definition) is 2. The van der Waals surface area contributed by atoms with Crippen molar-refractivity contribution < 1.29 is 19.4 Å². The van der Waals surface area contributed by atoms with Crippen LogP contribution in [0, 0.1) is 6.92 Å². The Morgan fingerprint density at radius 1 is 1.16 bits per heavy atom. The van der Waals surface area contributed by atoms with Crippen molar-refractivity contribution in [1.82, 2.24) is 15.3 Å². The first-order chi connectivity index (χ1) is 11.7. The van der Waals surface area contributed by atoms with Gasteiger partial charge in [0.2, 0.25) is 0 Å². The summed E-state index contributed by atoms with van der Waals surface area (Å²) in [5, 5.41) is 11.5. The number of carboxylic acid groups (broad SMARTS) is 1. The monoisotopic (exact) mass is 343 g/mol. The van der Waals surface area contributed by atoms with E-state index >= 15 is 0 Å². The van der Waals surface area contributed by atoms with Crippen molar-refractivity contribution in [1.29, 1.82) is 0 Å². The Hall–Kier alpha value is -2.96. The molecule has 1 amide bonds. The fourth-order valence-corrected chi connectivity index (χ4v) is 2.05. The smallest absolute Gasteiger partial charge is 0.356 e. The summed E-state index contributed by atoms with van der Waals surface area (Å²) in [5.74, 6) is -0.921. The van der Waals surface area contributed by atoms with Crippen LogP contribution in [0.4, 0.5) is 0 Å². The van der Waals surface area contributed by atoms with Gasteiger partial charge in [0.25, 0.3) is 5.91 Å². The van der Waals surface area contributed by atoms with E-state index in [4.69, 9.17) is 9.84 Å². The molecule has 0 atom stereocenters. The minimum Gasteiger partial charge on any atom is -0.488 e. The highest BCUT2D eigenvalue weighted by molar-refractivity contribution is 5.92. The van der Waals surface area contributed by atoms with Crippen molar-refractivity contribution in [3.63, 3.8) is 0 Å². The Kier molecular flexibility index (Phi) is 5.36. The number of nitrogens with zero attached hydrogens (tertiary/aromatic N) is 2. The second-order valence-electron chi connectivity index (χ2n) is 6.60. The van der Waals surface area contributed by atoms with Crippen molar-refractivity contribution in [3.05, 3.63) is 53.1 Å². The molecule has 0 aliphatic heterocycles. The van der Waals surface area contributed by atoms with Gasteiger partial charge < -0.3 is 15.2 Å². The molecule has 25 heavy (non-hydrogen) atoms. The molecule has 2 rings (SSSR count). The molecule has 0 bridgehead atoms. The van der Waals surface area contributed by atoms with Crippen LogP contribution in [0.25, 0.3) is 0 Å². The normalized spacial score (nSPS) is 11.0. The van der Waals surface area contributed by atoms with Crippen LogP contribution in [0.1, 0.15) is 52.9 Å². The summed E-state index contributed by atoms with van der Waals surface area (Å²) in [7, 11) is 0. The minimum atomic E-state index is -1.19. The molecule has 7 heteroatoms. The molecule has 0 saturated heterocycles. The van der Waals surface area contributed by atoms with Gasteiger partial charge in [-0.2, -0.15) is 0 Å². The number of rotatable bonds is 5. The van der Waals surface area contributed by atoms with Crippen molar-refractivity contribution >= 4 is 11.9 Å². The molecule has 0 fully saturated rings. The fourth-order valence-electron chi connectivity index (χ4n) is 2.05. The van der Waals surface area contributed by atoms with Gasteiger partial charge in [0, 0.05) is 12.1 Å². The first-order valence-corrected chi connectivity index (χ1v) is 7.78. The third-order valence-electron chi connectivity index (χ3n) is 3.18. The molecule has 0 unspecified atom stereocenters. The zero-order valence-corrected chi connectivity index (χ0v) is 14.7. The van der Waals surface area contributed by atoms with Gasteiger partial charge in [0.05, 0.1) is 12.4 Å². The summed E-state index contributed by atoms with van der Waals surface area (Å²) in [5.41, 5.74) is 1.38. The fraction of sp³-hybridized carbons (Fsp3) is 0.333. The Bertz CT molecular complexity index is 780. The van der Waals surface area contributed by atoms with Crippen molar-refractivity contribution in [2.24, 2.45) is 0 Å². The van der Waals surface area contributed by atoms with E-state index in [-0.39, 0.29) is 23.5 Å². The Morgan fingerprint density at radius 3 is 2.36 bits per heavy atom. The largest absolute Gasteiger partial charge is 0.488 e. The van der Waals surface area contributed by atoms with Gasteiger partial charge in [-0.25, -0.2) is 14.8 Å². The molecule has 0 saturated carbocycles. The summed E-state index contributed by atoms with van der Waals surface area (Å²) in [6.45, 7) is 8.09. The summed E-state index contributed by atoms with van der Waals surface area (Å²) < 4.78 is 5.95. The standard InChI is InChI=1S/C18H21N3O4/c1-11-5-6-12(15(7-11)25-18(2,3)4)8-21-16(22)13-9-20-14(10-19-13)17(23)24/h5-7,9-10H,8H2,1-4H3,(H,21,22)(H,23,24). The summed E-state index contributed by atoms with van der Waals surface area (Å²) in [6, 6.07) is 5.77. The van der Waals surface area contributed by atoms with Crippen LogP contribution < -0.4 is 10.1 Å². The minimum absolute atomic E-state index is 0.0513. The lowest BCUT2D eigenvalue weighted by Gasteiger charge is -2.23. The third-order valence-corrected chi connectivity index (χ3v) is 3.18. The SMILES string of the molecule is Cc1ccc(CNC(=O)c2cnc(C(=O)O)cn2)c(OC(C)(C)C)c1. The van der Waals surface area contributed by atoms with E-state index in [2.05, 4.69) is 15.3 Å². The van der Waals surface area contributed by atoms with E-state index in [0.29, 0.717) is 5.75 Å². The van der Waals surface area contributed by atoms with E-state index in [9.17, 15) is 9.59 Å². The molecule has 7 nitrogen and oxygen atoms in total. The summed E-state index contributed by atoms with van der Waals surface area (Å²) in [6.07, 6.45) is 2.19. The lowest BCUT2D eigenvalue weighted by atomic mass is 10.1. The average Bonchev–Trinajstić information content (AvgIpc) is 2.52. The van der Waals surface area contributed by atoms with Crippen LogP contribution in [0.5, 0.6) is 5.75 Å². The van der Waals surface area contributed by atoms with Gasteiger partial charge in [0.15, 0.2) is 5.69 Å². The summed E-state index contributed by atoms with van der Waals surface area (Å²) >= 11 is 0. The van der Waals surface area contributed by atoms with Gasteiger partial charge in [-0.1, -0.05) is 12.1 Å². The number of aryl methyl sites for hydroxylation is 1. The maximum Gasteiger partial charge on any atom is 0.356 e. The zero-order valence-electron chi connectivity index (χ0n) is 14.7. The van der Waals surface area contributed by atoms with Gasteiger partial charge in [-0.05, 0) is 39.3 Å². The van der Waals surface area contributed by atoms with E-state index in [1.165, 1.54) is 0 Å². The number of carboxylic acids is 1. The predicted molar refractivity (Wildman–Crippen MR) is 91.7 cm³/mol. The summed E-state index contributed by atoms with van der Waals surface area (Å²) in [4.78, 5) is 30.4. The van der Waals surface area contributed by atoms with Gasteiger partial charge in [-0.15, -0.1) is 0 Å². The van der Waals surface area contributed by atoms with E-state index in [0.717, 1.165) is 23.5 Å². The molecular formula is C18H21N3O4. The number of ether oxygens (including phenoxy) is 1. The quantitative estimate of drug-likeness (QED) is 0.865. The van der Waals surface area contributed by atoms with Crippen LogP contribution >= 0.6 is 0 Å². The molecule has 132 valence electrons. The zero-order chi connectivity index (χ0) is 18.6. The lowest BCUT2D eigenvalue weighted by Crippen LogP contribution is -2.27. The van der Waals surface area contributed by atoms with Crippen LogP contribution in [0.3, 0.4) is 0 Å². The van der Waals surface area contributed by atoms with Gasteiger partial charge in [-0.3, -0.25) is 4.79 Å². The molecule has 2 aromatic rings. The van der Waals surface area contributed by atoms with Crippen molar-refractivity contribution in [3.8, 4) is 5.75 Å². The number of aromatic carboxylic acids is 1. The average molecular weight is 343 g/mol. The molecule has 0 spiro atoms. The van der Waals surface area contributed by atoms with Crippen LogP contribution in [-0.2, 0) is 6.54 Å². The van der Waals surface area contributed by atoms with Crippen LogP contribution in [0.2, 0.25) is 0 Å². The Morgan fingerprint density at radius 2 is 1.80 bits per heavy atom. The second kappa shape index (κ2) is 7.29. The first kappa shape index (κ1) is 18.4. The van der Waals surface area contributed by atoms with Gasteiger partial charge >= 0.3 is 5.97 Å². The number of carbonyl (C=O) groups is 2. The van der Waals surface area contributed by atoms with E-state index < -0.39 is 11.9 Å². The maximum absolute atomic E-state index is 12.2. The molecule has 2 N–H and O–H groups in total. The number of amides is 1. The molecule has 1 aromatic carbocycles. The van der Waals surface area contributed by atoms with Crippen LogP contribution in [0.15, 0.2) is 30.6 Å². The topological polar surface area (TPSA) is 101 Å². The molecule has 0 radical (unpaired) electrons. The van der Waals surface area contributed by atoms with Crippen molar-refractivity contribution in [2.75, 3.05) is 0 Å². The van der Waals surface area contributed by atoms with E-state index in [1.54, 1.807) is 0 Å². The lowest BCUT2D eigenvalue weighted by molar-refractivity contribution is 0.0688. The predicted octanol–water partition coefficient (Wildman–Crippen LogP) is 2.59. The third kappa shape index (κ3) is 5.27. The number of hydrogen-bond acceptors (Lipinski definition) is 5. The molecule has 1 heterocycles. The molecule has 0 aliphatic carbocycles. The number of carbonyl (C=O) groups excluding carboxylic acids is 1. The molecular weight excluding hydrogens is 322 g/mol. The van der Waals surface area contributed by atoms with Gasteiger partial charge in [0.1, 0.15) is 17.0 Å². The first-order valence-electron chi connectivity index (χ1n) is 7.78. The van der Waals surface area contributed by atoms with Crippen molar-refractivity contribution in [2.45, 2.75) is 39.8 Å². The highest BCUT2D eigenvalue weighted by Crippen LogP contribution is 2.24. The maximum atomic E-state index is 12.2.